The number of halogens is 12. The molecule has 0 aliphatic carbocycles. The van der Waals surface area contributed by atoms with Crippen molar-refractivity contribution in [2.75, 3.05) is 13.4 Å². The van der Waals surface area contributed by atoms with Crippen LogP contribution < -0.4 is 4.74 Å². The van der Waals surface area contributed by atoms with Crippen LogP contribution in [0, 0.1) is 0 Å². The number of ether oxygens (including phenoxy) is 1. The predicted molar refractivity (Wildman–Crippen MR) is 588 cm³/mol. The largest absolute Gasteiger partial charge is 0.497 e. The summed E-state index contributed by atoms with van der Waals surface area (Å²) in [5.74, 6) is 0.771. The van der Waals surface area contributed by atoms with E-state index in [1.165, 1.54) is 11.3 Å². The van der Waals surface area contributed by atoms with Crippen molar-refractivity contribution in [2.24, 2.45) is 0 Å². The fraction of sp³-hybridized carbons (Fsp3) is 0.0877. The zero-order chi connectivity index (χ0) is 102. The maximum atomic E-state index is 12.3. The third-order valence-corrected chi connectivity index (χ3v) is 31.0. The molecule has 0 aliphatic heterocycles. The van der Waals surface area contributed by atoms with Crippen LogP contribution in [-0.2, 0) is 57.9 Å². The number of rotatable bonds is 23. The second kappa shape index (κ2) is 44.7. The standard InChI is InChI=1S/C31H21Cl3N4O.C29H21Cl3N2O3S.C29H21Cl3N2O2.C25H16Cl3N3OS/c32-24-6-1-4-21(17-24)31(39,23-5-2-13-35-19-23)22-9-12-28-26(18-22)29(33)27(30(34)37-28)16-20-7-10-25(11-8-20)38-15-3-14-36-38;1-38(36,37)23-10-7-18(8-11-23)14-25-27(31)24-16-20(9-12-26(24)34-28(25)32)29(35,21-5-3-13-33-17-21)19-4-2-6-22(30)15-19;1-36-23-10-7-18(8-11-23)14-25-27(31)24-16-20(9-12-26(24)34-28(25)32)29(35,21-5-3-13-33-17-21)19-4-2-6-22(30)15-19;26-18-6-3-15(4-7-18)10-20-23(27)19-11-16(5-8-21(19)31-24(20)28)25(32,22-13-30-14-33-22)17-2-1-9-29-12-17/h1-15,17-19,39H,16H2;2-13,15-17,35H,14H2,1H3;2-13,15-17,35H,14H2,1H3;1-9,11-14,32H,10H2. The fourth-order valence-corrected chi connectivity index (χ4v) is 22.0. The number of aromatic nitrogens is 11. The molecular weight excluding hydrogens is 2120 g/mol. The number of methoxy groups -OCH3 is 1. The van der Waals surface area contributed by atoms with Crippen LogP contribution in [-0.4, -0.2) is 96.8 Å². The molecule has 32 heteroatoms. The van der Waals surface area contributed by atoms with Gasteiger partial charge >= 0.3 is 0 Å². The van der Waals surface area contributed by atoms with Gasteiger partial charge in [-0.25, -0.2) is 33.0 Å². The Morgan fingerprint density at radius 2 is 0.623 bits per heavy atom. The summed E-state index contributed by atoms with van der Waals surface area (Å²) in [6, 6.07) is 89.3. The van der Waals surface area contributed by atoms with Gasteiger partial charge in [0.15, 0.2) is 15.4 Å². The summed E-state index contributed by atoms with van der Waals surface area (Å²) in [5, 5.41) is 61.0. The minimum atomic E-state index is -3.31. The first-order chi connectivity index (χ1) is 70.4. The summed E-state index contributed by atoms with van der Waals surface area (Å²) < 4.78 is 30.7. The highest BCUT2D eigenvalue weighted by Crippen LogP contribution is 2.48. The molecule has 4 N–H and O–H groups in total. The van der Waals surface area contributed by atoms with E-state index in [0.717, 1.165) is 39.9 Å². The second-order valence-corrected chi connectivity index (χ2v) is 41.7. The van der Waals surface area contributed by atoms with Gasteiger partial charge in [0.25, 0.3) is 0 Å². The van der Waals surface area contributed by atoms with Crippen LogP contribution in [0.25, 0.3) is 49.3 Å². The van der Waals surface area contributed by atoms with Crippen molar-refractivity contribution in [1.82, 2.24) is 54.6 Å². The van der Waals surface area contributed by atoms with E-state index in [-0.39, 0.29) is 10.0 Å². The Morgan fingerprint density at radius 1 is 0.315 bits per heavy atom. The van der Waals surface area contributed by atoms with Gasteiger partial charge in [-0.05, 0) is 225 Å². The zero-order valence-electron chi connectivity index (χ0n) is 76.8. The average molecular weight is 2200 g/mol. The molecule has 0 aliphatic rings. The number of hydrogen-bond acceptors (Lipinski definition) is 18. The second-order valence-electron chi connectivity index (χ2n) is 34.1. The minimum absolute atomic E-state index is 0.232. The van der Waals surface area contributed by atoms with Crippen LogP contribution in [0.3, 0.4) is 0 Å². The van der Waals surface area contributed by atoms with Crippen molar-refractivity contribution >= 4 is 204 Å². The summed E-state index contributed by atoms with van der Waals surface area (Å²) in [6.07, 6.45) is 21.5. The molecule has 0 amide bonds. The molecule has 10 heterocycles. The van der Waals surface area contributed by atoms with Crippen LogP contribution in [0.1, 0.15) is 111 Å². The third kappa shape index (κ3) is 22.0. The topological polar surface area (TPSA) is 258 Å². The zero-order valence-corrected chi connectivity index (χ0v) is 87.5. The van der Waals surface area contributed by atoms with Crippen molar-refractivity contribution in [1.29, 1.82) is 0 Å². The van der Waals surface area contributed by atoms with E-state index in [4.69, 9.17) is 144 Å². The van der Waals surface area contributed by atoms with E-state index < -0.39 is 32.2 Å². The Kier molecular flexibility index (Phi) is 31.7. The van der Waals surface area contributed by atoms with Gasteiger partial charge in [-0.2, -0.15) is 5.10 Å². The molecule has 0 bridgehead atoms. The van der Waals surface area contributed by atoms with Crippen LogP contribution in [0.15, 0.2) is 376 Å². The number of thiazole rings is 1. The lowest BCUT2D eigenvalue weighted by Crippen LogP contribution is -2.29. The van der Waals surface area contributed by atoms with E-state index in [1.807, 2.05) is 176 Å². The number of benzene rings is 11. The van der Waals surface area contributed by atoms with Gasteiger partial charge in [-0.15, -0.1) is 11.3 Å². The van der Waals surface area contributed by atoms with Gasteiger partial charge < -0.3 is 25.2 Å². The van der Waals surface area contributed by atoms with Crippen LogP contribution in [0.5, 0.6) is 5.75 Å². The Labute approximate surface area is 904 Å². The van der Waals surface area contributed by atoms with Gasteiger partial charge in [-0.1, -0.05) is 273 Å². The molecule has 728 valence electrons. The van der Waals surface area contributed by atoms with E-state index in [0.29, 0.717) is 213 Å². The number of fused-ring (bicyclic) bond motifs is 4. The molecule has 11 aromatic carbocycles. The highest BCUT2D eigenvalue weighted by atomic mass is 35.5. The van der Waals surface area contributed by atoms with E-state index in [2.05, 4.69) is 50.0 Å². The molecule has 4 unspecified atom stereocenters. The van der Waals surface area contributed by atoms with Crippen molar-refractivity contribution in [2.45, 2.75) is 53.0 Å². The average Bonchev–Trinajstić information content (AvgIpc) is 1.00. The summed E-state index contributed by atoms with van der Waals surface area (Å²) in [7, 11) is -1.68. The Morgan fingerprint density at radius 3 is 0.918 bits per heavy atom. The van der Waals surface area contributed by atoms with Gasteiger partial charge in [-0.3, -0.25) is 24.9 Å². The SMILES string of the molecule is COc1ccc(Cc2c(Cl)nc3ccc(C(O)(c4cccnc4)c4cccc(Cl)c4)cc3c2Cl)cc1.CS(=O)(=O)c1ccc(Cc2c(Cl)nc3ccc(C(O)(c4cccnc4)c4cccc(Cl)c4)cc3c2Cl)cc1.OC(c1cccnc1)(c1ccc2nc(Cl)c(Cc3ccc(Cl)cc3)c(Cl)c2c1)c1cncs1.OC(c1cccnc1)(c1cccc(Cl)c1)c1ccc2nc(Cl)c(Cc3ccc(-n4cccn4)cc3)c(Cl)c2c1. The lowest BCUT2D eigenvalue weighted by molar-refractivity contribution is 0.125. The predicted octanol–water partition coefficient (Wildman–Crippen LogP) is 28.9. The molecule has 10 aromatic heterocycles. The molecule has 0 saturated carbocycles. The summed E-state index contributed by atoms with van der Waals surface area (Å²) >= 11 is 80.2. The third-order valence-electron chi connectivity index (χ3n) is 25.0. The molecule has 0 spiro atoms. The van der Waals surface area contributed by atoms with Crippen molar-refractivity contribution in [3.05, 3.63) is 542 Å². The molecule has 21 aromatic rings. The van der Waals surface area contributed by atoms with Crippen molar-refractivity contribution in [3.63, 3.8) is 0 Å². The van der Waals surface area contributed by atoms with Crippen molar-refractivity contribution in [3.8, 4) is 11.4 Å². The lowest BCUT2D eigenvalue weighted by atomic mass is 9.80. The van der Waals surface area contributed by atoms with Gasteiger partial charge in [0.1, 0.15) is 43.2 Å². The van der Waals surface area contributed by atoms with Crippen LogP contribution in [0.4, 0.5) is 0 Å². The first kappa shape index (κ1) is 104. The first-order valence-corrected chi connectivity index (χ1v) is 52.2. The molecule has 0 saturated heterocycles. The lowest BCUT2D eigenvalue weighted by Gasteiger charge is -2.30. The smallest absolute Gasteiger partial charge is 0.175 e. The highest BCUT2D eigenvalue weighted by molar-refractivity contribution is 7.90. The number of sulfone groups is 1. The minimum Gasteiger partial charge on any atom is -0.497 e. The van der Waals surface area contributed by atoms with Gasteiger partial charge in [0.2, 0.25) is 0 Å². The van der Waals surface area contributed by atoms with Gasteiger partial charge in [0.05, 0.1) is 70.2 Å². The number of aliphatic hydroxyl groups is 4. The molecule has 18 nitrogen and oxygen atoms in total. The molecule has 21 rings (SSSR count). The number of hydrogen-bond donors (Lipinski definition) is 4. The quantitative estimate of drug-likeness (QED) is 0.0434. The van der Waals surface area contributed by atoms with E-state index >= 15 is 0 Å². The molecule has 4 atom stereocenters. The molecular formula is C114H79Cl12N11O7S2. The summed E-state index contributed by atoms with van der Waals surface area (Å²) in [6.45, 7) is 0. The maximum absolute atomic E-state index is 12.3. The Balaban J connectivity index is 0.000000128. The Hall–Kier alpha value is -12.4. The maximum Gasteiger partial charge on any atom is 0.175 e. The van der Waals surface area contributed by atoms with E-state index in [1.54, 1.807) is 207 Å². The Bertz CT molecular complexity index is 8480. The van der Waals surface area contributed by atoms with Crippen LogP contribution in [0.2, 0.25) is 60.8 Å². The summed E-state index contributed by atoms with van der Waals surface area (Å²) in [5.41, 5.74) is 12.2. The van der Waals surface area contributed by atoms with Crippen LogP contribution >= 0.6 is 151 Å². The van der Waals surface area contributed by atoms with Crippen molar-refractivity contribution < 1.29 is 33.6 Å². The molecule has 146 heavy (non-hydrogen) atoms. The number of nitrogens with zero attached hydrogens (tertiary/aromatic N) is 11. The fourth-order valence-electron chi connectivity index (χ4n) is 17.4. The summed E-state index contributed by atoms with van der Waals surface area (Å²) in [4.78, 5) is 40.3. The highest BCUT2D eigenvalue weighted by Gasteiger charge is 2.41. The molecule has 0 fully saturated rings. The molecule has 0 radical (unpaired) electrons. The first-order valence-electron chi connectivity index (χ1n) is 44.9. The monoisotopic (exact) mass is 2200 g/mol. The normalized spacial score (nSPS) is 13.1. The van der Waals surface area contributed by atoms with Gasteiger partial charge in [0, 0.05) is 186 Å². The number of pyridine rings is 8. The van der Waals surface area contributed by atoms with E-state index in [9.17, 15) is 28.8 Å².